The summed E-state index contributed by atoms with van der Waals surface area (Å²) in [6.45, 7) is 0. The first-order chi connectivity index (χ1) is 10.7. The van der Waals surface area contributed by atoms with Crippen molar-refractivity contribution in [3.05, 3.63) is 64.5 Å². The molecule has 110 valence electrons. The monoisotopic (exact) mass is 313 g/mol. The second kappa shape index (κ2) is 5.06. The highest BCUT2D eigenvalue weighted by atomic mass is 32.1. The molecular formula is C16H12FN3OS. The second-order valence-corrected chi connectivity index (χ2v) is 5.97. The minimum atomic E-state index is -0.323. The molecule has 0 spiro atoms. The van der Waals surface area contributed by atoms with Gasteiger partial charge in [-0.2, -0.15) is 11.3 Å². The Labute approximate surface area is 130 Å². The molecule has 0 aliphatic carbocycles. The molecule has 1 atom stereocenters. The van der Waals surface area contributed by atoms with Gasteiger partial charge < -0.3 is 5.32 Å². The van der Waals surface area contributed by atoms with Gasteiger partial charge in [0.15, 0.2) is 0 Å². The van der Waals surface area contributed by atoms with Crippen LogP contribution in [0, 0.1) is 5.82 Å². The van der Waals surface area contributed by atoms with E-state index in [0.717, 1.165) is 11.3 Å². The van der Waals surface area contributed by atoms with Crippen LogP contribution >= 0.6 is 11.3 Å². The van der Waals surface area contributed by atoms with E-state index < -0.39 is 0 Å². The maximum atomic E-state index is 13.4. The third-order valence-corrected chi connectivity index (χ3v) is 4.51. The SMILES string of the molecule is O=C1C[C@@H](c2ccsc2)c2ncn(-c3cccc(F)c3)c2N1. The lowest BCUT2D eigenvalue weighted by Crippen LogP contribution is -2.24. The van der Waals surface area contributed by atoms with Gasteiger partial charge in [-0.05, 0) is 40.6 Å². The van der Waals surface area contributed by atoms with E-state index in [9.17, 15) is 9.18 Å². The molecule has 4 rings (SSSR count). The van der Waals surface area contributed by atoms with Crippen LogP contribution in [0.5, 0.6) is 0 Å². The highest BCUT2D eigenvalue weighted by Crippen LogP contribution is 2.37. The fourth-order valence-corrected chi connectivity index (χ4v) is 3.49. The lowest BCUT2D eigenvalue weighted by atomic mass is 9.92. The van der Waals surface area contributed by atoms with Gasteiger partial charge in [0.2, 0.25) is 5.91 Å². The summed E-state index contributed by atoms with van der Waals surface area (Å²) >= 11 is 1.60. The maximum Gasteiger partial charge on any atom is 0.226 e. The van der Waals surface area contributed by atoms with Gasteiger partial charge in [-0.15, -0.1) is 0 Å². The highest BCUT2D eigenvalue weighted by molar-refractivity contribution is 7.08. The Morgan fingerprint density at radius 3 is 3.05 bits per heavy atom. The number of carbonyl (C=O) groups is 1. The smallest absolute Gasteiger partial charge is 0.226 e. The second-order valence-electron chi connectivity index (χ2n) is 5.19. The van der Waals surface area contributed by atoms with Gasteiger partial charge >= 0.3 is 0 Å². The zero-order valence-corrected chi connectivity index (χ0v) is 12.3. The maximum absolute atomic E-state index is 13.4. The number of amides is 1. The normalized spacial score (nSPS) is 17.1. The summed E-state index contributed by atoms with van der Waals surface area (Å²) in [5.41, 5.74) is 2.55. The van der Waals surface area contributed by atoms with E-state index in [2.05, 4.69) is 10.3 Å². The average Bonchev–Trinajstić information content (AvgIpc) is 3.16. The Morgan fingerprint density at radius 2 is 2.27 bits per heavy atom. The minimum absolute atomic E-state index is 0.0511. The first-order valence-electron chi connectivity index (χ1n) is 6.87. The molecule has 1 N–H and O–H groups in total. The third kappa shape index (κ3) is 2.12. The van der Waals surface area contributed by atoms with E-state index in [1.807, 2.05) is 16.8 Å². The number of hydrogen-bond donors (Lipinski definition) is 1. The predicted octanol–water partition coefficient (Wildman–Crippen LogP) is 3.55. The number of thiophene rings is 1. The molecule has 1 aliphatic heterocycles. The summed E-state index contributed by atoms with van der Waals surface area (Å²) in [4.78, 5) is 16.5. The number of fused-ring (bicyclic) bond motifs is 1. The standard InChI is InChI=1S/C16H12FN3OS/c17-11-2-1-3-12(6-11)20-9-18-15-13(10-4-5-22-8-10)7-14(21)19-16(15)20/h1-6,8-9,13H,7H2,(H,19,21)/t13-/m0/s1. The van der Waals surface area contributed by atoms with Crippen LogP contribution in [0.15, 0.2) is 47.4 Å². The third-order valence-electron chi connectivity index (χ3n) is 3.81. The van der Waals surface area contributed by atoms with Gasteiger partial charge in [0.05, 0.1) is 11.4 Å². The van der Waals surface area contributed by atoms with E-state index in [4.69, 9.17) is 0 Å². The summed E-state index contributed by atoms with van der Waals surface area (Å²) in [6, 6.07) is 8.24. The van der Waals surface area contributed by atoms with Crippen molar-refractivity contribution < 1.29 is 9.18 Å². The van der Waals surface area contributed by atoms with Crippen molar-refractivity contribution in [3.8, 4) is 5.69 Å². The number of nitrogens with zero attached hydrogens (tertiary/aromatic N) is 2. The topological polar surface area (TPSA) is 46.9 Å². The number of halogens is 1. The van der Waals surface area contributed by atoms with E-state index in [0.29, 0.717) is 17.9 Å². The van der Waals surface area contributed by atoms with Gasteiger partial charge in [-0.3, -0.25) is 9.36 Å². The quantitative estimate of drug-likeness (QED) is 0.786. The lowest BCUT2D eigenvalue weighted by molar-refractivity contribution is -0.116. The fourth-order valence-electron chi connectivity index (χ4n) is 2.78. The van der Waals surface area contributed by atoms with Gasteiger partial charge in [-0.1, -0.05) is 6.07 Å². The number of aromatic nitrogens is 2. The largest absolute Gasteiger partial charge is 0.310 e. The molecule has 1 aromatic carbocycles. The van der Waals surface area contributed by atoms with Gasteiger partial charge in [0.1, 0.15) is 18.0 Å². The van der Waals surface area contributed by atoms with E-state index >= 15 is 0 Å². The van der Waals surface area contributed by atoms with Crippen LogP contribution in [0.25, 0.3) is 5.69 Å². The zero-order valence-electron chi connectivity index (χ0n) is 11.5. The Morgan fingerprint density at radius 1 is 1.36 bits per heavy atom. The van der Waals surface area contributed by atoms with E-state index in [1.54, 1.807) is 34.4 Å². The van der Waals surface area contributed by atoms with Crippen LogP contribution in [0.3, 0.4) is 0 Å². The molecule has 0 saturated carbocycles. The van der Waals surface area contributed by atoms with Crippen LogP contribution in [-0.4, -0.2) is 15.5 Å². The minimum Gasteiger partial charge on any atom is -0.310 e. The van der Waals surface area contributed by atoms with Crippen molar-refractivity contribution in [2.45, 2.75) is 12.3 Å². The molecule has 1 aliphatic rings. The Kier molecular flexibility index (Phi) is 3.04. The summed E-state index contributed by atoms with van der Waals surface area (Å²) < 4.78 is 15.2. The molecule has 0 radical (unpaired) electrons. The molecule has 0 unspecified atom stereocenters. The van der Waals surface area contributed by atoms with Gasteiger partial charge in [0.25, 0.3) is 0 Å². The zero-order chi connectivity index (χ0) is 15.1. The molecule has 3 heterocycles. The number of benzene rings is 1. The number of carbonyl (C=O) groups excluding carboxylic acids is 1. The number of rotatable bonds is 2. The summed E-state index contributed by atoms with van der Waals surface area (Å²) in [7, 11) is 0. The number of nitrogens with one attached hydrogen (secondary N) is 1. The van der Waals surface area contributed by atoms with Gasteiger partial charge in [-0.25, -0.2) is 9.37 Å². The van der Waals surface area contributed by atoms with E-state index in [-0.39, 0.29) is 17.6 Å². The van der Waals surface area contributed by atoms with Crippen molar-refractivity contribution in [3.63, 3.8) is 0 Å². The molecule has 6 heteroatoms. The molecule has 1 amide bonds. The van der Waals surface area contributed by atoms with Crippen LogP contribution in [0.1, 0.15) is 23.6 Å². The summed E-state index contributed by atoms with van der Waals surface area (Å²) in [6.07, 6.45) is 2.01. The van der Waals surface area contributed by atoms with Crippen LogP contribution < -0.4 is 5.32 Å². The first-order valence-corrected chi connectivity index (χ1v) is 7.82. The van der Waals surface area contributed by atoms with Crippen molar-refractivity contribution >= 4 is 23.1 Å². The first kappa shape index (κ1) is 13.2. The fraction of sp³-hybridized carbons (Fsp3) is 0.125. The van der Waals surface area contributed by atoms with Crippen LogP contribution in [-0.2, 0) is 4.79 Å². The average molecular weight is 313 g/mol. The van der Waals surface area contributed by atoms with Crippen molar-refractivity contribution in [2.24, 2.45) is 0 Å². The molecule has 0 bridgehead atoms. The van der Waals surface area contributed by atoms with Crippen molar-refractivity contribution in [1.82, 2.24) is 9.55 Å². The van der Waals surface area contributed by atoms with Crippen molar-refractivity contribution in [1.29, 1.82) is 0 Å². The van der Waals surface area contributed by atoms with Crippen LogP contribution in [0.2, 0.25) is 0 Å². The number of anilines is 1. The number of imidazole rings is 1. The Bertz CT molecular complexity index is 841. The molecule has 4 nitrogen and oxygen atoms in total. The molecule has 3 aromatic rings. The van der Waals surface area contributed by atoms with E-state index in [1.165, 1.54) is 12.1 Å². The molecule has 0 saturated heterocycles. The van der Waals surface area contributed by atoms with Gasteiger partial charge in [0, 0.05) is 12.3 Å². The Balaban J connectivity index is 1.84. The number of hydrogen-bond acceptors (Lipinski definition) is 3. The lowest BCUT2D eigenvalue weighted by Gasteiger charge is -2.22. The predicted molar refractivity (Wildman–Crippen MR) is 82.9 cm³/mol. The summed E-state index contributed by atoms with van der Waals surface area (Å²) in [5.74, 6) is 0.196. The van der Waals surface area contributed by atoms with Crippen LogP contribution in [0.4, 0.5) is 10.2 Å². The Hall–Kier alpha value is -2.47. The molecular weight excluding hydrogens is 301 g/mol. The molecule has 2 aromatic heterocycles. The highest BCUT2D eigenvalue weighted by Gasteiger charge is 2.31. The molecule has 22 heavy (non-hydrogen) atoms. The summed E-state index contributed by atoms with van der Waals surface area (Å²) in [5, 5.41) is 6.89. The molecule has 0 fully saturated rings. The van der Waals surface area contributed by atoms with Crippen molar-refractivity contribution in [2.75, 3.05) is 5.32 Å².